The zero-order valence-corrected chi connectivity index (χ0v) is 15.9. The summed E-state index contributed by atoms with van der Waals surface area (Å²) < 4.78 is 5.44. The van der Waals surface area contributed by atoms with Crippen molar-refractivity contribution in [2.75, 3.05) is 25.0 Å². The topological polar surface area (TPSA) is 63.2 Å². The van der Waals surface area contributed by atoms with Crippen LogP contribution in [0.15, 0.2) is 29.6 Å². The lowest BCUT2D eigenvalue weighted by Crippen LogP contribution is -2.14. The second kappa shape index (κ2) is 9.75. The summed E-state index contributed by atoms with van der Waals surface area (Å²) in [5.41, 5.74) is 1.89. The summed E-state index contributed by atoms with van der Waals surface area (Å²) in [6.45, 7) is 4.73. The molecule has 5 nitrogen and oxygen atoms in total. The van der Waals surface area contributed by atoms with E-state index in [1.54, 1.807) is 0 Å². The second-order valence-corrected chi connectivity index (χ2v) is 6.80. The van der Waals surface area contributed by atoms with Gasteiger partial charge in [0.2, 0.25) is 5.91 Å². The number of rotatable bonds is 7. The molecule has 1 amide bonds. The maximum Gasteiger partial charge on any atom is 0.226 e. The van der Waals surface area contributed by atoms with Crippen molar-refractivity contribution >= 4 is 34.8 Å². The Hall–Kier alpha value is -1.63. The van der Waals surface area contributed by atoms with Crippen LogP contribution in [0, 0.1) is 5.92 Å². The van der Waals surface area contributed by atoms with E-state index in [0.29, 0.717) is 24.1 Å². The minimum atomic E-state index is 0. The van der Waals surface area contributed by atoms with Crippen molar-refractivity contribution in [3.8, 4) is 17.0 Å². The van der Waals surface area contributed by atoms with Gasteiger partial charge >= 0.3 is 0 Å². The predicted octanol–water partition coefficient (Wildman–Crippen LogP) is 3.96. The van der Waals surface area contributed by atoms with Crippen molar-refractivity contribution in [3.05, 3.63) is 29.6 Å². The summed E-state index contributed by atoms with van der Waals surface area (Å²) in [6.07, 6.45) is 2.67. The van der Waals surface area contributed by atoms with Gasteiger partial charge < -0.3 is 15.4 Å². The average molecular weight is 382 g/mol. The molecule has 25 heavy (non-hydrogen) atoms. The van der Waals surface area contributed by atoms with Crippen LogP contribution in [0.2, 0.25) is 0 Å². The van der Waals surface area contributed by atoms with Crippen LogP contribution in [0.4, 0.5) is 5.13 Å². The Balaban J connectivity index is 0.00000225. The smallest absolute Gasteiger partial charge is 0.226 e. The summed E-state index contributed by atoms with van der Waals surface area (Å²) in [4.78, 5) is 16.6. The Morgan fingerprint density at radius 2 is 2.20 bits per heavy atom. The molecular formula is C18H24ClN3O2S. The largest absolute Gasteiger partial charge is 0.494 e. The number of amides is 1. The highest BCUT2D eigenvalue weighted by molar-refractivity contribution is 7.14. The monoisotopic (exact) mass is 381 g/mol. The van der Waals surface area contributed by atoms with Crippen molar-refractivity contribution < 1.29 is 9.53 Å². The fraction of sp³-hybridized carbons (Fsp3) is 0.444. The summed E-state index contributed by atoms with van der Waals surface area (Å²) in [7, 11) is 0. The normalized spacial score (nSPS) is 16.3. The number of nitrogens with zero attached hydrogens (tertiary/aromatic N) is 1. The fourth-order valence-corrected chi connectivity index (χ4v) is 3.57. The average Bonchev–Trinajstić information content (AvgIpc) is 3.26. The summed E-state index contributed by atoms with van der Waals surface area (Å²) in [5, 5.41) is 8.86. The van der Waals surface area contributed by atoms with Crippen LogP contribution in [-0.4, -0.2) is 30.6 Å². The number of thiazole rings is 1. The lowest BCUT2D eigenvalue weighted by atomic mass is 10.0. The van der Waals surface area contributed by atoms with Crippen LogP contribution < -0.4 is 15.4 Å². The lowest BCUT2D eigenvalue weighted by Gasteiger charge is -2.07. The summed E-state index contributed by atoms with van der Waals surface area (Å²) >= 11 is 1.46. The van der Waals surface area contributed by atoms with E-state index in [0.717, 1.165) is 36.5 Å². The third-order valence-electron chi connectivity index (χ3n) is 4.15. The third-order valence-corrected chi connectivity index (χ3v) is 4.91. The number of aromatic nitrogens is 1. The maximum absolute atomic E-state index is 12.1. The van der Waals surface area contributed by atoms with Crippen LogP contribution in [-0.2, 0) is 4.79 Å². The molecule has 1 aromatic carbocycles. The van der Waals surface area contributed by atoms with Gasteiger partial charge in [-0.05, 0) is 63.0 Å². The van der Waals surface area contributed by atoms with E-state index >= 15 is 0 Å². The minimum Gasteiger partial charge on any atom is -0.494 e. The SMILES string of the molecule is CCOc1ccc(-c2csc(NC(=O)CCC3CCNC3)n2)cc1.Cl. The van der Waals surface area contributed by atoms with Crippen LogP contribution in [0.5, 0.6) is 5.75 Å². The van der Waals surface area contributed by atoms with Gasteiger partial charge in [0.15, 0.2) is 5.13 Å². The maximum atomic E-state index is 12.1. The molecular weight excluding hydrogens is 358 g/mol. The van der Waals surface area contributed by atoms with Gasteiger partial charge in [-0.2, -0.15) is 0 Å². The van der Waals surface area contributed by atoms with Crippen LogP contribution in [0.3, 0.4) is 0 Å². The van der Waals surface area contributed by atoms with Gasteiger partial charge in [-0.15, -0.1) is 23.7 Å². The molecule has 2 heterocycles. The number of hydrogen-bond donors (Lipinski definition) is 2. The highest BCUT2D eigenvalue weighted by Gasteiger charge is 2.16. The molecule has 1 atom stereocenters. The number of hydrogen-bond acceptors (Lipinski definition) is 5. The molecule has 2 N–H and O–H groups in total. The number of carbonyl (C=O) groups is 1. The van der Waals surface area contributed by atoms with E-state index in [4.69, 9.17) is 4.74 Å². The minimum absolute atomic E-state index is 0. The number of carbonyl (C=O) groups excluding carboxylic acids is 1. The van der Waals surface area contributed by atoms with E-state index in [-0.39, 0.29) is 18.3 Å². The first-order chi connectivity index (χ1) is 11.7. The number of anilines is 1. The van der Waals surface area contributed by atoms with Crippen molar-refractivity contribution in [2.45, 2.75) is 26.2 Å². The highest BCUT2D eigenvalue weighted by atomic mass is 35.5. The van der Waals surface area contributed by atoms with Crippen molar-refractivity contribution in [1.82, 2.24) is 10.3 Å². The molecule has 0 saturated carbocycles. The Morgan fingerprint density at radius 1 is 1.40 bits per heavy atom. The molecule has 7 heteroatoms. The van der Waals surface area contributed by atoms with E-state index < -0.39 is 0 Å². The van der Waals surface area contributed by atoms with E-state index in [1.807, 2.05) is 36.6 Å². The van der Waals surface area contributed by atoms with Crippen LogP contribution >= 0.6 is 23.7 Å². The van der Waals surface area contributed by atoms with Crippen molar-refractivity contribution in [3.63, 3.8) is 0 Å². The molecule has 1 aromatic heterocycles. The number of ether oxygens (including phenoxy) is 1. The zero-order valence-electron chi connectivity index (χ0n) is 14.3. The summed E-state index contributed by atoms with van der Waals surface area (Å²) in [6, 6.07) is 7.84. The van der Waals surface area contributed by atoms with Gasteiger partial charge in [0, 0.05) is 17.4 Å². The molecule has 1 aliphatic heterocycles. The molecule has 1 aliphatic rings. The molecule has 136 valence electrons. The second-order valence-electron chi connectivity index (χ2n) is 5.94. The molecule has 0 spiro atoms. The van der Waals surface area contributed by atoms with E-state index in [2.05, 4.69) is 15.6 Å². The molecule has 0 radical (unpaired) electrons. The van der Waals surface area contributed by atoms with Crippen molar-refractivity contribution in [2.24, 2.45) is 5.92 Å². The number of nitrogens with one attached hydrogen (secondary N) is 2. The molecule has 1 fully saturated rings. The van der Waals surface area contributed by atoms with Gasteiger partial charge in [0.05, 0.1) is 12.3 Å². The van der Waals surface area contributed by atoms with Crippen LogP contribution in [0.25, 0.3) is 11.3 Å². The van der Waals surface area contributed by atoms with Gasteiger partial charge in [0.1, 0.15) is 5.75 Å². The van der Waals surface area contributed by atoms with Gasteiger partial charge in [-0.1, -0.05) is 0 Å². The molecule has 0 aliphatic carbocycles. The molecule has 1 saturated heterocycles. The molecule has 2 aromatic rings. The van der Waals surface area contributed by atoms with E-state index in [1.165, 1.54) is 17.8 Å². The summed E-state index contributed by atoms with van der Waals surface area (Å²) in [5.74, 6) is 1.53. The predicted molar refractivity (Wildman–Crippen MR) is 105 cm³/mol. The first-order valence-corrected chi connectivity index (χ1v) is 9.32. The van der Waals surface area contributed by atoms with Gasteiger partial charge in [-0.25, -0.2) is 4.98 Å². The number of halogens is 1. The Kier molecular flexibility index (Phi) is 7.68. The Morgan fingerprint density at radius 3 is 2.88 bits per heavy atom. The first-order valence-electron chi connectivity index (χ1n) is 8.44. The van der Waals surface area contributed by atoms with Gasteiger partial charge in [0.25, 0.3) is 0 Å². The zero-order chi connectivity index (χ0) is 16.8. The van der Waals surface area contributed by atoms with Crippen LogP contribution in [0.1, 0.15) is 26.2 Å². The number of benzene rings is 1. The van der Waals surface area contributed by atoms with Crippen molar-refractivity contribution in [1.29, 1.82) is 0 Å². The fourth-order valence-electron chi connectivity index (χ4n) is 2.83. The van der Waals surface area contributed by atoms with Gasteiger partial charge in [-0.3, -0.25) is 4.79 Å². The lowest BCUT2D eigenvalue weighted by molar-refractivity contribution is -0.116. The molecule has 3 rings (SSSR count). The third kappa shape index (κ3) is 5.70. The highest BCUT2D eigenvalue weighted by Crippen LogP contribution is 2.26. The first kappa shape index (κ1) is 19.7. The van der Waals surface area contributed by atoms with E-state index in [9.17, 15) is 4.79 Å². The molecule has 1 unspecified atom stereocenters. The quantitative estimate of drug-likeness (QED) is 0.762. The Bertz CT molecular complexity index is 669. The standard InChI is InChI=1S/C18H23N3O2S.ClH/c1-2-23-15-6-4-14(5-7-15)16-12-24-18(20-16)21-17(22)8-3-13-9-10-19-11-13;/h4-7,12-13,19H,2-3,8-11H2,1H3,(H,20,21,22);1H. The molecule has 0 bridgehead atoms. The Labute approximate surface area is 158 Å².